The molecular weight excluding hydrogens is 285 g/mol. The molecule has 0 aliphatic rings. The number of aromatic nitrogens is 2. The van der Waals surface area contributed by atoms with Gasteiger partial charge in [-0.3, -0.25) is 9.40 Å². The van der Waals surface area contributed by atoms with Crippen molar-refractivity contribution in [3.8, 4) is 0 Å². The van der Waals surface area contributed by atoms with E-state index in [1.54, 1.807) is 4.68 Å². The van der Waals surface area contributed by atoms with Crippen molar-refractivity contribution in [3.05, 3.63) is 42.0 Å². The zero-order valence-electron chi connectivity index (χ0n) is 10.7. The second-order valence-corrected chi connectivity index (χ2v) is 5.75. The number of hydrogen-bond donors (Lipinski definition) is 2. The van der Waals surface area contributed by atoms with Crippen LogP contribution in [-0.2, 0) is 23.2 Å². The molecule has 1 aromatic heterocycles. The van der Waals surface area contributed by atoms with E-state index in [0.717, 1.165) is 12.1 Å². The lowest BCUT2D eigenvalue weighted by Crippen LogP contribution is -2.15. The summed E-state index contributed by atoms with van der Waals surface area (Å²) in [7, 11) is -3.98. The standard InChI is InChI=1S/C12H14FN3O3S/c1-2-16-7-11(6-14-16)15-20(18,19)12-5-10(13)4-3-9(12)8-17/h3-7,15,17H,2,8H2,1H3. The van der Waals surface area contributed by atoms with Gasteiger partial charge < -0.3 is 5.11 Å². The van der Waals surface area contributed by atoms with Gasteiger partial charge in [0, 0.05) is 12.7 Å². The van der Waals surface area contributed by atoms with Gasteiger partial charge in [0.25, 0.3) is 10.0 Å². The number of nitrogens with zero attached hydrogens (tertiary/aromatic N) is 2. The minimum Gasteiger partial charge on any atom is -0.392 e. The predicted molar refractivity (Wildman–Crippen MR) is 71.0 cm³/mol. The number of nitrogens with one attached hydrogen (secondary N) is 1. The predicted octanol–water partition coefficient (Wildman–Crippen LogP) is 1.34. The van der Waals surface area contributed by atoms with Crippen molar-refractivity contribution in [2.45, 2.75) is 25.0 Å². The van der Waals surface area contributed by atoms with E-state index in [0.29, 0.717) is 6.54 Å². The quantitative estimate of drug-likeness (QED) is 0.872. The summed E-state index contributed by atoms with van der Waals surface area (Å²) in [4.78, 5) is -0.288. The molecule has 0 fully saturated rings. The van der Waals surface area contributed by atoms with Gasteiger partial charge in [0.05, 0.1) is 23.4 Å². The number of aryl methyl sites for hydroxylation is 1. The minimum absolute atomic E-state index is 0.127. The van der Waals surface area contributed by atoms with E-state index in [2.05, 4.69) is 9.82 Å². The third-order valence-electron chi connectivity index (χ3n) is 2.70. The molecule has 2 aromatic rings. The Morgan fingerprint density at radius 3 is 2.80 bits per heavy atom. The summed E-state index contributed by atoms with van der Waals surface area (Å²) >= 11 is 0. The molecule has 108 valence electrons. The number of anilines is 1. The number of hydrogen-bond acceptors (Lipinski definition) is 4. The molecule has 0 spiro atoms. The second kappa shape index (κ2) is 5.59. The summed E-state index contributed by atoms with van der Waals surface area (Å²) in [6.45, 7) is 1.97. The maximum atomic E-state index is 13.2. The molecule has 0 atom stereocenters. The Balaban J connectivity index is 2.37. The first-order valence-electron chi connectivity index (χ1n) is 5.91. The van der Waals surface area contributed by atoms with Crippen LogP contribution in [-0.4, -0.2) is 23.3 Å². The molecule has 0 aliphatic heterocycles. The Morgan fingerprint density at radius 2 is 2.20 bits per heavy atom. The van der Waals surface area contributed by atoms with Gasteiger partial charge >= 0.3 is 0 Å². The van der Waals surface area contributed by atoms with Crippen LogP contribution < -0.4 is 4.72 Å². The van der Waals surface area contributed by atoms with Crippen molar-refractivity contribution in [2.24, 2.45) is 0 Å². The number of sulfonamides is 1. The van der Waals surface area contributed by atoms with E-state index in [9.17, 15) is 12.8 Å². The van der Waals surface area contributed by atoms with E-state index in [1.165, 1.54) is 18.5 Å². The van der Waals surface area contributed by atoms with Gasteiger partial charge in [-0.25, -0.2) is 12.8 Å². The summed E-state index contributed by atoms with van der Waals surface area (Å²) in [6, 6.07) is 3.21. The van der Waals surface area contributed by atoms with E-state index >= 15 is 0 Å². The van der Waals surface area contributed by atoms with Crippen LogP contribution in [0.2, 0.25) is 0 Å². The van der Waals surface area contributed by atoms with Crippen LogP contribution in [0.3, 0.4) is 0 Å². The molecule has 0 saturated carbocycles. The van der Waals surface area contributed by atoms with Crippen LogP contribution in [0.5, 0.6) is 0 Å². The maximum Gasteiger partial charge on any atom is 0.262 e. The van der Waals surface area contributed by atoms with Crippen molar-refractivity contribution in [3.63, 3.8) is 0 Å². The molecule has 0 amide bonds. The Bertz CT molecular complexity index is 712. The fourth-order valence-corrected chi connectivity index (χ4v) is 2.98. The monoisotopic (exact) mass is 299 g/mol. The lowest BCUT2D eigenvalue weighted by Gasteiger charge is -2.09. The Hall–Kier alpha value is -1.93. The van der Waals surface area contributed by atoms with E-state index < -0.39 is 22.4 Å². The highest BCUT2D eigenvalue weighted by Gasteiger charge is 2.20. The summed E-state index contributed by atoms with van der Waals surface area (Å²) in [5.41, 5.74) is 0.404. The first kappa shape index (κ1) is 14.5. The summed E-state index contributed by atoms with van der Waals surface area (Å²) in [5, 5.41) is 13.1. The van der Waals surface area contributed by atoms with Gasteiger partial charge in [0.15, 0.2) is 0 Å². The normalized spacial score (nSPS) is 11.6. The summed E-state index contributed by atoms with van der Waals surface area (Å²) in [5.74, 6) is -0.688. The average Bonchev–Trinajstić information content (AvgIpc) is 2.85. The molecule has 0 radical (unpaired) electrons. The first-order valence-corrected chi connectivity index (χ1v) is 7.39. The van der Waals surface area contributed by atoms with Crippen LogP contribution >= 0.6 is 0 Å². The third kappa shape index (κ3) is 2.97. The topological polar surface area (TPSA) is 84.2 Å². The van der Waals surface area contributed by atoms with Gasteiger partial charge in [0.2, 0.25) is 0 Å². The van der Waals surface area contributed by atoms with Crippen LogP contribution in [0.1, 0.15) is 12.5 Å². The third-order valence-corrected chi connectivity index (χ3v) is 4.16. The first-order chi connectivity index (χ1) is 9.46. The fourth-order valence-electron chi connectivity index (χ4n) is 1.71. The zero-order chi connectivity index (χ0) is 14.8. The number of rotatable bonds is 5. The number of aliphatic hydroxyl groups excluding tert-OH is 1. The lowest BCUT2D eigenvalue weighted by molar-refractivity contribution is 0.278. The van der Waals surface area contributed by atoms with Crippen molar-refractivity contribution in [1.29, 1.82) is 0 Å². The van der Waals surface area contributed by atoms with Crippen molar-refractivity contribution in [1.82, 2.24) is 9.78 Å². The van der Waals surface area contributed by atoms with E-state index in [-0.39, 0.29) is 16.1 Å². The van der Waals surface area contributed by atoms with Crippen molar-refractivity contribution in [2.75, 3.05) is 4.72 Å². The Labute approximate surface area is 115 Å². The number of halogens is 1. The highest BCUT2D eigenvalue weighted by atomic mass is 32.2. The van der Waals surface area contributed by atoms with Gasteiger partial charge in [0.1, 0.15) is 5.82 Å². The molecule has 1 heterocycles. The van der Waals surface area contributed by atoms with Gasteiger partial charge in [-0.1, -0.05) is 6.07 Å². The second-order valence-electron chi connectivity index (χ2n) is 4.10. The molecule has 2 N–H and O–H groups in total. The summed E-state index contributed by atoms with van der Waals surface area (Å²) < 4.78 is 41.5. The van der Waals surface area contributed by atoms with Crippen LogP contribution in [0, 0.1) is 5.82 Å². The van der Waals surface area contributed by atoms with Crippen LogP contribution in [0.15, 0.2) is 35.5 Å². The molecule has 6 nitrogen and oxygen atoms in total. The van der Waals surface area contributed by atoms with Crippen LogP contribution in [0.4, 0.5) is 10.1 Å². The fraction of sp³-hybridized carbons (Fsp3) is 0.250. The van der Waals surface area contributed by atoms with E-state index in [1.807, 2.05) is 6.92 Å². The van der Waals surface area contributed by atoms with Gasteiger partial charge in [-0.15, -0.1) is 0 Å². The molecule has 2 rings (SSSR count). The molecule has 1 aromatic carbocycles. The largest absolute Gasteiger partial charge is 0.392 e. The molecular formula is C12H14FN3O3S. The lowest BCUT2D eigenvalue weighted by atomic mass is 10.2. The van der Waals surface area contributed by atoms with Gasteiger partial charge in [-0.05, 0) is 24.6 Å². The highest BCUT2D eigenvalue weighted by Crippen LogP contribution is 2.20. The van der Waals surface area contributed by atoms with E-state index in [4.69, 9.17) is 5.11 Å². The average molecular weight is 299 g/mol. The molecule has 0 unspecified atom stereocenters. The Morgan fingerprint density at radius 1 is 1.45 bits per heavy atom. The zero-order valence-corrected chi connectivity index (χ0v) is 11.6. The van der Waals surface area contributed by atoms with Crippen LogP contribution in [0.25, 0.3) is 0 Å². The highest BCUT2D eigenvalue weighted by molar-refractivity contribution is 7.92. The maximum absolute atomic E-state index is 13.2. The molecule has 8 heteroatoms. The SMILES string of the molecule is CCn1cc(NS(=O)(=O)c2cc(F)ccc2CO)cn1. The Kier molecular flexibility index (Phi) is 4.05. The summed E-state index contributed by atoms with van der Waals surface area (Å²) in [6.07, 6.45) is 2.88. The van der Waals surface area contributed by atoms with Crippen molar-refractivity contribution >= 4 is 15.7 Å². The number of benzene rings is 1. The molecule has 20 heavy (non-hydrogen) atoms. The molecule has 0 bridgehead atoms. The minimum atomic E-state index is -3.98. The molecule has 0 saturated heterocycles. The molecule has 0 aliphatic carbocycles. The van der Waals surface area contributed by atoms with Crippen molar-refractivity contribution < 1.29 is 17.9 Å². The smallest absolute Gasteiger partial charge is 0.262 e. The van der Waals surface area contributed by atoms with Gasteiger partial charge in [-0.2, -0.15) is 5.10 Å². The number of aliphatic hydroxyl groups is 1.